The molecule has 46 heavy (non-hydrogen) atoms. The molecule has 3 heterocycles. The van der Waals surface area contributed by atoms with Gasteiger partial charge in [0.2, 0.25) is 5.95 Å². The lowest BCUT2D eigenvalue weighted by atomic mass is 9.86. The summed E-state index contributed by atoms with van der Waals surface area (Å²) in [4.78, 5) is 10.6. The van der Waals surface area contributed by atoms with Gasteiger partial charge in [-0.1, -0.05) is 105 Å². The first-order chi connectivity index (χ1) is 22.6. The van der Waals surface area contributed by atoms with E-state index in [1.165, 1.54) is 47.6 Å². The maximum atomic E-state index is 5.32. The quantitative estimate of drug-likeness (QED) is 0.198. The second-order valence-electron chi connectivity index (χ2n) is 12.8. The van der Waals surface area contributed by atoms with Gasteiger partial charge >= 0.3 is 0 Å². The molecule has 9 rings (SSSR count). The second kappa shape index (κ2) is 10.8. The summed E-state index contributed by atoms with van der Waals surface area (Å²) in [6, 6.07) is 33.3. The Kier molecular flexibility index (Phi) is 6.39. The number of rotatable bonds is 4. The molecular weight excluding hydrogens is 579 g/mol. The lowest BCUT2D eigenvalue weighted by Gasteiger charge is -2.22. The minimum absolute atomic E-state index is 0.193. The van der Waals surface area contributed by atoms with Crippen molar-refractivity contribution < 1.29 is 0 Å². The minimum atomic E-state index is 0.193. The van der Waals surface area contributed by atoms with E-state index in [4.69, 9.17) is 9.97 Å². The molecule has 3 nitrogen and oxygen atoms in total. The van der Waals surface area contributed by atoms with Gasteiger partial charge in [0.05, 0.1) is 22.4 Å². The predicted octanol–water partition coefficient (Wildman–Crippen LogP) is 11.4. The van der Waals surface area contributed by atoms with Gasteiger partial charge in [0.15, 0.2) is 0 Å². The zero-order valence-electron chi connectivity index (χ0n) is 25.9. The van der Waals surface area contributed by atoms with Crippen LogP contribution in [0.2, 0.25) is 0 Å². The molecule has 2 aliphatic carbocycles. The fourth-order valence-electron chi connectivity index (χ4n) is 7.24. The van der Waals surface area contributed by atoms with Gasteiger partial charge in [-0.3, -0.25) is 4.57 Å². The van der Waals surface area contributed by atoms with Crippen LogP contribution in [0.25, 0.3) is 64.6 Å². The van der Waals surface area contributed by atoms with E-state index in [2.05, 4.69) is 152 Å². The van der Waals surface area contributed by atoms with Crippen molar-refractivity contribution in [3.63, 3.8) is 0 Å². The Labute approximate surface area is 272 Å². The topological polar surface area (TPSA) is 30.7 Å². The SMILES string of the molecule is CC1C=CC=C[C@@H]1c1cc(C2=C[C@@H](C)CC=C2)nc(-n2c3ccccc3c3cc(-c4ccc5sc6ccccc6c5c4)ccc32)n1. The average molecular weight is 612 g/mol. The van der Waals surface area contributed by atoms with Gasteiger partial charge in [0, 0.05) is 36.9 Å². The Balaban J connectivity index is 1.25. The summed E-state index contributed by atoms with van der Waals surface area (Å²) in [5.41, 5.74) is 7.88. The molecule has 4 heteroatoms. The van der Waals surface area contributed by atoms with Crippen molar-refractivity contribution in [1.29, 1.82) is 0 Å². The summed E-state index contributed by atoms with van der Waals surface area (Å²) in [6.07, 6.45) is 16.7. The van der Waals surface area contributed by atoms with Crippen LogP contribution in [0.3, 0.4) is 0 Å². The van der Waals surface area contributed by atoms with Crippen LogP contribution in [0.4, 0.5) is 0 Å². The number of para-hydroxylation sites is 1. The standard InChI is InChI=1S/C42H33N3S/c1-26-10-9-12-30(22-26)36-25-37(31-13-4-3-11-27(31)2)44-42(43-36)45-38-16-7-5-14-32(38)34-23-28(18-20-39(34)45)29-19-21-41-35(24-29)33-15-6-8-17-40(33)46-41/h3-9,11-27,31H,10H2,1-2H3/t26-,27?,31-/m0/s1. The van der Waals surface area contributed by atoms with Crippen molar-refractivity contribution in [2.24, 2.45) is 11.8 Å². The Morgan fingerprint density at radius 2 is 1.43 bits per heavy atom. The highest BCUT2D eigenvalue weighted by Crippen LogP contribution is 2.39. The Morgan fingerprint density at radius 3 is 2.30 bits per heavy atom. The summed E-state index contributed by atoms with van der Waals surface area (Å²) in [5, 5.41) is 5.05. The van der Waals surface area contributed by atoms with E-state index in [1.807, 2.05) is 11.3 Å². The molecule has 0 bridgehead atoms. The average Bonchev–Trinajstić information content (AvgIpc) is 3.63. The summed E-state index contributed by atoms with van der Waals surface area (Å²) in [5.74, 6) is 1.75. The molecule has 0 spiro atoms. The lowest BCUT2D eigenvalue weighted by molar-refractivity contribution is 0.616. The van der Waals surface area contributed by atoms with Crippen LogP contribution in [-0.4, -0.2) is 14.5 Å². The van der Waals surface area contributed by atoms with Gasteiger partial charge in [0.25, 0.3) is 0 Å². The van der Waals surface area contributed by atoms with Crippen molar-refractivity contribution in [1.82, 2.24) is 14.5 Å². The van der Waals surface area contributed by atoms with Crippen LogP contribution < -0.4 is 0 Å². The van der Waals surface area contributed by atoms with Gasteiger partial charge in [-0.25, -0.2) is 9.97 Å². The molecule has 0 saturated carbocycles. The highest BCUT2D eigenvalue weighted by molar-refractivity contribution is 7.25. The second-order valence-corrected chi connectivity index (χ2v) is 13.8. The first-order valence-corrected chi connectivity index (χ1v) is 17.0. The molecule has 0 amide bonds. The van der Waals surface area contributed by atoms with Gasteiger partial charge < -0.3 is 0 Å². The number of nitrogens with zero attached hydrogens (tertiary/aromatic N) is 3. The third kappa shape index (κ3) is 4.47. The molecular formula is C42H33N3S. The summed E-state index contributed by atoms with van der Waals surface area (Å²) >= 11 is 1.86. The van der Waals surface area contributed by atoms with Gasteiger partial charge in [-0.05, 0) is 77.4 Å². The zero-order chi connectivity index (χ0) is 30.8. The number of fused-ring (bicyclic) bond motifs is 6. The fraction of sp³-hybridized carbons (Fsp3) is 0.143. The van der Waals surface area contributed by atoms with Crippen LogP contribution in [-0.2, 0) is 0 Å². The molecule has 0 radical (unpaired) electrons. The molecule has 2 aliphatic rings. The number of hydrogen-bond acceptors (Lipinski definition) is 3. The summed E-state index contributed by atoms with van der Waals surface area (Å²) in [6.45, 7) is 4.54. The molecule has 0 N–H and O–H groups in total. The molecule has 3 aromatic heterocycles. The third-order valence-corrected chi connectivity index (χ3v) is 10.8. The highest BCUT2D eigenvalue weighted by atomic mass is 32.1. The van der Waals surface area contributed by atoms with Crippen molar-refractivity contribution in [3.05, 3.63) is 145 Å². The van der Waals surface area contributed by atoms with Crippen molar-refractivity contribution in [2.75, 3.05) is 0 Å². The zero-order valence-corrected chi connectivity index (χ0v) is 26.7. The van der Waals surface area contributed by atoms with Crippen molar-refractivity contribution in [2.45, 2.75) is 26.2 Å². The van der Waals surface area contributed by atoms with Crippen molar-refractivity contribution in [3.8, 4) is 17.1 Å². The van der Waals surface area contributed by atoms with Crippen LogP contribution in [0.5, 0.6) is 0 Å². The largest absolute Gasteiger partial charge is 0.278 e. The number of hydrogen-bond donors (Lipinski definition) is 0. The predicted molar refractivity (Wildman–Crippen MR) is 196 cm³/mol. The van der Waals surface area contributed by atoms with Gasteiger partial charge in [-0.15, -0.1) is 11.3 Å². The van der Waals surface area contributed by atoms with E-state index < -0.39 is 0 Å². The van der Waals surface area contributed by atoms with Crippen molar-refractivity contribution >= 4 is 58.9 Å². The van der Waals surface area contributed by atoms with Crippen LogP contribution >= 0.6 is 11.3 Å². The van der Waals surface area contributed by atoms with E-state index >= 15 is 0 Å². The summed E-state index contributed by atoms with van der Waals surface area (Å²) in [7, 11) is 0. The molecule has 7 aromatic rings. The number of aromatic nitrogens is 3. The van der Waals surface area contributed by atoms with Crippen LogP contribution in [0.15, 0.2) is 134 Å². The molecule has 222 valence electrons. The molecule has 3 atom stereocenters. The first kappa shape index (κ1) is 27.3. The number of allylic oxidation sites excluding steroid dienone is 8. The minimum Gasteiger partial charge on any atom is -0.278 e. The number of benzene rings is 4. The van der Waals surface area contributed by atoms with Crippen LogP contribution in [0, 0.1) is 11.8 Å². The smallest absolute Gasteiger partial charge is 0.235 e. The Hall–Kier alpha value is -5.06. The molecule has 0 aliphatic heterocycles. The maximum absolute atomic E-state index is 5.32. The summed E-state index contributed by atoms with van der Waals surface area (Å²) < 4.78 is 4.92. The van der Waals surface area contributed by atoms with E-state index in [0.29, 0.717) is 11.8 Å². The molecule has 0 saturated heterocycles. The maximum Gasteiger partial charge on any atom is 0.235 e. The lowest BCUT2D eigenvalue weighted by Crippen LogP contribution is -2.13. The first-order valence-electron chi connectivity index (χ1n) is 16.2. The fourth-order valence-corrected chi connectivity index (χ4v) is 8.33. The monoisotopic (exact) mass is 611 g/mol. The Morgan fingerprint density at radius 1 is 0.696 bits per heavy atom. The molecule has 4 aromatic carbocycles. The van der Waals surface area contributed by atoms with Gasteiger partial charge in [0.1, 0.15) is 0 Å². The molecule has 0 fully saturated rings. The Bertz CT molecular complexity index is 2450. The normalized spacial score (nSPS) is 19.5. The number of thiophene rings is 1. The third-order valence-electron chi connectivity index (χ3n) is 9.63. The van der Waals surface area contributed by atoms with Gasteiger partial charge in [-0.2, -0.15) is 0 Å². The molecule has 1 unspecified atom stereocenters. The highest BCUT2D eigenvalue weighted by Gasteiger charge is 2.23. The van der Waals surface area contributed by atoms with Crippen LogP contribution in [0.1, 0.15) is 37.6 Å². The van der Waals surface area contributed by atoms with E-state index in [9.17, 15) is 0 Å². The van der Waals surface area contributed by atoms with E-state index in [-0.39, 0.29) is 5.92 Å². The van der Waals surface area contributed by atoms with E-state index in [1.54, 1.807) is 0 Å². The van der Waals surface area contributed by atoms with E-state index in [0.717, 1.165) is 34.8 Å².